The Morgan fingerprint density at radius 2 is 2.06 bits per heavy atom. The Kier molecular flexibility index (Phi) is 6.76. The molecule has 4 N–H and O–H groups in total. The van der Waals surface area contributed by atoms with Crippen molar-refractivity contribution in [1.29, 1.82) is 0 Å². The zero-order valence-corrected chi connectivity index (χ0v) is 10.4. The van der Waals surface area contributed by atoms with Crippen molar-refractivity contribution in [3.05, 3.63) is 48.0 Å². The van der Waals surface area contributed by atoms with Gasteiger partial charge in [0.05, 0.1) is 0 Å². The van der Waals surface area contributed by atoms with Gasteiger partial charge >= 0.3 is 0 Å². The van der Waals surface area contributed by atoms with Crippen LogP contribution in [0.1, 0.15) is 12.0 Å². The van der Waals surface area contributed by atoms with Gasteiger partial charge in [0.1, 0.15) is 6.10 Å². The standard InChI is InChI=1S/C14H20N2O2/c15-10-4-5-11-16-14(18)13(17)9-8-12-6-2-1-3-7-12/h1-7,13,17H,8-11,15H2,(H,16,18). The minimum atomic E-state index is -0.962. The van der Waals surface area contributed by atoms with Crippen LogP contribution in [0, 0.1) is 0 Å². The van der Waals surface area contributed by atoms with Crippen molar-refractivity contribution in [3.63, 3.8) is 0 Å². The number of carbonyl (C=O) groups excluding carboxylic acids is 1. The maximum absolute atomic E-state index is 11.5. The van der Waals surface area contributed by atoms with Crippen LogP contribution < -0.4 is 11.1 Å². The average Bonchev–Trinajstić information content (AvgIpc) is 2.42. The molecule has 1 aromatic rings. The van der Waals surface area contributed by atoms with E-state index in [2.05, 4.69) is 5.32 Å². The third-order valence-electron chi connectivity index (χ3n) is 2.55. The molecule has 1 aromatic carbocycles. The second-order valence-electron chi connectivity index (χ2n) is 3.99. The summed E-state index contributed by atoms with van der Waals surface area (Å²) in [5.41, 5.74) is 6.39. The number of nitrogens with two attached hydrogens (primary N) is 1. The van der Waals surface area contributed by atoms with Crippen molar-refractivity contribution in [1.82, 2.24) is 5.32 Å². The molecule has 0 aliphatic carbocycles. The van der Waals surface area contributed by atoms with Gasteiger partial charge in [-0.3, -0.25) is 4.79 Å². The molecule has 98 valence electrons. The minimum absolute atomic E-state index is 0.340. The van der Waals surface area contributed by atoms with Gasteiger partial charge in [0, 0.05) is 13.1 Å². The minimum Gasteiger partial charge on any atom is -0.383 e. The number of benzene rings is 1. The van der Waals surface area contributed by atoms with Gasteiger partial charge in [-0.15, -0.1) is 0 Å². The molecule has 0 radical (unpaired) electrons. The second-order valence-corrected chi connectivity index (χ2v) is 3.99. The van der Waals surface area contributed by atoms with E-state index < -0.39 is 6.10 Å². The lowest BCUT2D eigenvalue weighted by atomic mass is 10.1. The fourth-order valence-corrected chi connectivity index (χ4v) is 1.54. The van der Waals surface area contributed by atoms with Crippen molar-refractivity contribution >= 4 is 5.91 Å². The third kappa shape index (κ3) is 5.61. The molecule has 0 saturated carbocycles. The second kappa shape index (κ2) is 8.44. The number of hydrogen-bond donors (Lipinski definition) is 3. The molecular formula is C14H20N2O2. The summed E-state index contributed by atoms with van der Waals surface area (Å²) in [6.45, 7) is 0.852. The number of aliphatic hydroxyl groups is 1. The summed E-state index contributed by atoms with van der Waals surface area (Å²) in [6, 6.07) is 9.79. The number of nitrogens with one attached hydrogen (secondary N) is 1. The Balaban J connectivity index is 2.25. The molecule has 1 amide bonds. The molecule has 18 heavy (non-hydrogen) atoms. The number of carbonyl (C=O) groups is 1. The molecule has 0 saturated heterocycles. The van der Waals surface area contributed by atoms with Gasteiger partial charge in [-0.2, -0.15) is 0 Å². The third-order valence-corrected chi connectivity index (χ3v) is 2.55. The van der Waals surface area contributed by atoms with E-state index in [1.54, 1.807) is 12.2 Å². The lowest BCUT2D eigenvalue weighted by Gasteiger charge is -2.10. The van der Waals surface area contributed by atoms with E-state index in [1.807, 2.05) is 30.3 Å². The molecule has 0 fully saturated rings. The van der Waals surface area contributed by atoms with E-state index in [-0.39, 0.29) is 5.91 Å². The summed E-state index contributed by atoms with van der Waals surface area (Å²) in [4.78, 5) is 11.5. The maximum Gasteiger partial charge on any atom is 0.249 e. The quantitative estimate of drug-likeness (QED) is 0.619. The zero-order chi connectivity index (χ0) is 13.2. The van der Waals surface area contributed by atoms with Gasteiger partial charge in [0.15, 0.2) is 0 Å². The average molecular weight is 248 g/mol. The van der Waals surface area contributed by atoms with Gasteiger partial charge in [-0.25, -0.2) is 0 Å². The number of hydrogen-bond acceptors (Lipinski definition) is 3. The van der Waals surface area contributed by atoms with Crippen LogP contribution in [0.25, 0.3) is 0 Å². The Hall–Kier alpha value is -1.65. The van der Waals surface area contributed by atoms with Crippen LogP contribution in [-0.4, -0.2) is 30.2 Å². The highest BCUT2D eigenvalue weighted by molar-refractivity contribution is 5.80. The van der Waals surface area contributed by atoms with Crippen LogP contribution in [0.3, 0.4) is 0 Å². The molecule has 4 nitrogen and oxygen atoms in total. The lowest BCUT2D eigenvalue weighted by Crippen LogP contribution is -2.34. The van der Waals surface area contributed by atoms with Gasteiger partial charge in [0.25, 0.3) is 0 Å². The molecule has 0 aliphatic heterocycles. The first-order valence-electron chi connectivity index (χ1n) is 6.09. The molecule has 1 unspecified atom stereocenters. The van der Waals surface area contributed by atoms with E-state index in [0.29, 0.717) is 25.9 Å². The summed E-state index contributed by atoms with van der Waals surface area (Å²) in [7, 11) is 0. The molecule has 0 bridgehead atoms. The first-order valence-corrected chi connectivity index (χ1v) is 6.09. The van der Waals surface area contributed by atoms with Crippen molar-refractivity contribution < 1.29 is 9.90 Å². The smallest absolute Gasteiger partial charge is 0.249 e. The van der Waals surface area contributed by atoms with E-state index in [4.69, 9.17) is 5.73 Å². The molecule has 1 atom stereocenters. The Morgan fingerprint density at radius 3 is 2.72 bits per heavy atom. The van der Waals surface area contributed by atoms with Gasteiger partial charge in [-0.05, 0) is 18.4 Å². The van der Waals surface area contributed by atoms with Crippen LogP contribution in [0.5, 0.6) is 0 Å². The zero-order valence-electron chi connectivity index (χ0n) is 10.4. The topological polar surface area (TPSA) is 75.3 Å². The van der Waals surface area contributed by atoms with Crippen molar-refractivity contribution in [3.8, 4) is 0 Å². The van der Waals surface area contributed by atoms with Crippen LogP contribution in [0.2, 0.25) is 0 Å². The molecular weight excluding hydrogens is 228 g/mol. The summed E-state index contributed by atoms with van der Waals surface area (Å²) in [5, 5.41) is 12.3. The fourth-order valence-electron chi connectivity index (χ4n) is 1.54. The largest absolute Gasteiger partial charge is 0.383 e. The first-order chi connectivity index (χ1) is 8.74. The Labute approximate surface area is 108 Å². The first kappa shape index (κ1) is 14.4. The van der Waals surface area contributed by atoms with Crippen LogP contribution in [0.4, 0.5) is 0 Å². The highest BCUT2D eigenvalue weighted by Gasteiger charge is 2.13. The SMILES string of the molecule is NCC=CCNC(=O)C(O)CCc1ccccc1. The van der Waals surface area contributed by atoms with Crippen molar-refractivity contribution in [2.75, 3.05) is 13.1 Å². The molecule has 1 rings (SSSR count). The van der Waals surface area contributed by atoms with Crippen LogP contribution >= 0.6 is 0 Å². The highest BCUT2D eigenvalue weighted by atomic mass is 16.3. The summed E-state index contributed by atoms with van der Waals surface area (Å²) in [6.07, 6.45) is 3.68. The van der Waals surface area contributed by atoms with Gasteiger partial charge < -0.3 is 16.2 Å². The predicted molar refractivity (Wildman–Crippen MR) is 72.0 cm³/mol. The summed E-state index contributed by atoms with van der Waals surface area (Å²) in [5.74, 6) is -0.340. The lowest BCUT2D eigenvalue weighted by molar-refractivity contribution is -0.129. The van der Waals surface area contributed by atoms with Crippen molar-refractivity contribution in [2.24, 2.45) is 5.73 Å². The number of rotatable bonds is 7. The molecule has 0 spiro atoms. The molecule has 4 heteroatoms. The van der Waals surface area contributed by atoms with Crippen LogP contribution in [0.15, 0.2) is 42.5 Å². The van der Waals surface area contributed by atoms with E-state index >= 15 is 0 Å². The highest BCUT2D eigenvalue weighted by Crippen LogP contribution is 2.04. The Bertz CT molecular complexity index is 377. The molecule has 0 aromatic heterocycles. The van der Waals surface area contributed by atoms with Crippen LogP contribution in [-0.2, 0) is 11.2 Å². The summed E-state index contributed by atoms with van der Waals surface area (Å²) >= 11 is 0. The van der Waals surface area contributed by atoms with Gasteiger partial charge in [-0.1, -0.05) is 42.5 Å². The number of aliphatic hydroxyl groups excluding tert-OH is 1. The van der Waals surface area contributed by atoms with Crippen molar-refractivity contribution in [2.45, 2.75) is 18.9 Å². The predicted octanol–water partition coefficient (Wildman–Crippen LogP) is 0.611. The molecule has 0 heterocycles. The monoisotopic (exact) mass is 248 g/mol. The Morgan fingerprint density at radius 1 is 1.33 bits per heavy atom. The maximum atomic E-state index is 11.5. The molecule has 0 aliphatic rings. The fraction of sp³-hybridized carbons (Fsp3) is 0.357. The van der Waals surface area contributed by atoms with E-state index in [9.17, 15) is 9.90 Å². The van der Waals surface area contributed by atoms with E-state index in [0.717, 1.165) is 5.56 Å². The summed E-state index contributed by atoms with van der Waals surface area (Å²) < 4.78 is 0. The van der Waals surface area contributed by atoms with Gasteiger partial charge in [0.2, 0.25) is 5.91 Å². The van der Waals surface area contributed by atoms with E-state index in [1.165, 1.54) is 0 Å². The number of amides is 1. The normalized spacial score (nSPS) is 12.6. The number of aryl methyl sites for hydroxylation is 1.